The van der Waals surface area contributed by atoms with Crippen LogP contribution in [0, 0.1) is 6.92 Å². The molecule has 3 aromatic rings. The second-order valence-electron chi connectivity index (χ2n) is 4.60. The third-order valence-corrected chi connectivity index (χ3v) is 3.46. The number of nitrogens with one attached hydrogen (secondary N) is 1. The van der Waals surface area contributed by atoms with Gasteiger partial charge in [0.15, 0.2) is 5.75 Å². The monoisotopic (exact) mass is 252 g/mol. The van der Waals surface area contributed by atoms with Crippen LogP contribution < -0.4 is 10.5 Å². The summed E-state index contributed by atoms with van der Waals surface area (Å²) in [6.07, 6.45) is 0. The molecule has 0 saturated carbocycles. The summed E-state index contributed by atoms with van der Waals surface area (Å²) in [6, 6.07) is 14.1. The molecule has 19 heavy (non-hydrogen) atoms. The highest BCUT2D eigenvalue weighted by Gasteiger charge is 2.15. The van der Waals surface area contributed by atoms with Gasteiger partial charge in [-0.1, -0.05) is 30.3 Å². The highest BCUT2D eigenvalue weighted by molar-refractivity contribution is 5.98. The number of aryl methyl sites for hydroxylation is 1. The molecule has 0 amide bonds. The molecule has 96 valence electrons. The number of aromatic amines is 1. The molecule has 0 unspecified atom stereocenters. The van der Waals surface area contributed by atoms with Crippen LogP contribution in [0.25, 0.3) is 22.2 Å². The number of nitrogen functional groups attached to an aromatic ring is 1. The van der Waals surface area contributed by atoms with Crippen LogP contribution >= 0.6 is 0 Å². The van der Waals surface area contributed by atoms with E-state index in [1.54, 1.807) is 7.11 Å². The molecule has 0 fully saturated rings. The zero-order valence-corrected chi connectivity index (χ0v) is 11.0. The summed E-state index contributed by atoms with van der Waals surface area (Å²) < 4.78 is 5.44. The molecule has 3 rings (SSSR count). The van der Waals surface area contributed by atoms with Gasteiger partial charge in [0, 0.05) is 11.1 Å². The SMILES string of the molecule is COc1c(N)ccc2[nH]c(-c3ccccc3)c(C)c12. The Morgan fingerprint density at radius 1 is 1.05 bits per heavy atom. The summed E-state index contributed by atoms with van der Waals surface area (Å²) in [5.74, 6) is 0.744. The summed E-state index contributed by atoms with van der Waals surface area (Å²) in [4.78, 5) is 3.45. The van der Waals surface area contributed by atoms with E-state index < -0.39 is 0 Å². The zero-order valence-electron chi connectivity index (χ0n) is 11.0. The van der Waals surface area contributed by atoms with Crippen molar-refractivity contribution in [1.29, 1.82) is 0 Å². The fourth-order valence-electron chi connectivity index (χ4n) is 2.54. The molecule has 2 aromatic carbocycles. The van der Waals surface area contributed by atoms with Crippen LogP contribution in [-0.4, -0.2) is 12.1 Å². The first-order chi connectivity index (χ1) is 9.22. The van der Waals surface area contributed by atoms with Gasteiger partial charge in [0.2, 0.25) is 0 Å². The first-order valence-electron chi connectivity index (χ1n) is 6.22. The van der Waals surface area contributed by atoms with Crippen LogP contribution in [0.3, 0.4) is 0 Å². The average molecular weight is 252 g/mol. The highest BCUT2D eigenvalue weighted by atomic mass is 16.5. The lowest BCUT2D eigenvalue weighted by Gasteiger charge is -2.06. The summed E-state index contributed by atoms with van der Waals surface area (Å²) in [5.41, 5.74) is 11.1. The van der Waals surface area contributed by atoms with E-state index in [0.29, 0.717) is 5.69 Å². The van der Waals surface area contributed by atoms with Gasteiger partial charge in [0.25, 0.3) is 0 Å². The fourth-order valence-corrected chi connectivity index (χ4v) is 2.54. The predicted molar refractivity (Wildman–Crippen MR) is 79.4 cm³/mol. The third-order valence-electron chi connectivity index (χ3n) is 3.46. The largest absolute Gasteiger partial charge is 0.494 e. The summed E-state index contributed by atoms with van der Waals surface area (Å²) in [7, 11) is 1.65. The standard InChI is InChI=1S/C16H16N2O/c1-10-14-13(9-8-12(17)16(14)19-2)18-15(10)11-6-4-3-5-7-11/h3-9,18H,17H2,1-2H3. The second-order valence-corrected chi connectivity index (χ2v) is 4.60. The van der Waals surface area contributed by atoms with E-state index in [0.717, 1.165) is 33.5 Å². The summed E-state index contributed by atoms with van der Waals surface area (Å²) in [6.45, 7) is 2.09. The lowest BCUT2D eigenvalue weighted by Crippen LogP contribution is -1.92. The quantitative estimate of drug-likeness (QED) is 0.683. The second kappa shape index (κ2) is 4.35. The van der Waals surface area contributed by atoms with Crippen molar-refractivity contribution in [3.63, 3.8) is 0 Å². The van der Waals surface area contributed by atoms with Crippen molar-refractivity contribution in [1.82, 2.24) is 4.98 Å². The minimum Gasteiger partial charge on any atom is -0.494 e. The Kier molecular flexibility index (Phi) is 2.67. The number of fused-ring (bicyclic) bond motifs is 1. The maximum Gasteiger partial charge on any atom is 0.151 e. The van der Waals surface area contributed by atoms with E-state index in [2.05, 4.69) is 24.0 Å². The maximum absolute atomic E-state index is 5.98. The Balaban J connectivity index is 2.33. The smallest absolute Gasteiger partial charge is 0.151 e. The first-order valence-corrected chi connectivity index (χ1v) is 6.22. The lowest BCUT2D eigenvalue weighted by atomic mass is 10.1. The lowest BCUT2D eigenvalue weighted by molar-refractivity contribution is 0.422. The number of ether oxygens (including phenoxy) is 1. The predicted octanol–water partition coefficient (Wildman–Crippen LogP) is 3.73. The Bertz CT molecular complexity index is 729. The molecule has 0 radical (unpaired) electrons. The molecule has 0 spiro atoms. The van der Waals surface area contributed by atoms with Crippen LogP contribution in [0.1, 0.15) is 5.56 Å². The van der Waals surface area contributed by atoms with Crippen molar-refractivity contribution in [2.24, 2.45) is 0 Å². The number of methoxy groups -OCH3 is 1. The van der Waals surface area contributed by atoms with Gasteiger partial charge in [0.1, 0.15) is 0 Å². The van der Waals surface area contributed by atoms with E-state index in [4.69, 9.17) is 10.5 Å². The van der Waals surface area contributed by atoms with Crippen LogP contribution in [0.4, 0.5) is 5.69 Å². The molecule has 0 aliphatic rings. The van der Waals surface area contributed by atoms with Crippen molar-refractivity contribution in [3.05, 3.63) is 48.0 Å². The maximum atomic E-state index is 5.98. The van der Waals surface area contributed by atoms with Gasteiger partial charge in [-0.05, 0) is 30.2 Å². The number of rotatable bonds is 2. The minimum absolute atomic E-state index is 0.664. The molecule has 0 aliphatic carbocycles. The summed E-state index contributed by atoms with van der Waals surface area (Å²) >= 11 is 0. The molecule has 0 atom stereocenters. The Hall–Kier alpha value is -2.42. The van der Waals surface area contributed by atoms with Crippen molar-refractivity contribution < 1.29 is 4.74 Å². The van der Waals surface area contributed by atoms with E-state index >= 15 is 0 Å². The van der Waals surface area contributed by atoms with Crippen LogP contribution in [-0.2, 0) is 0 Å². The van der Waals surface area contributed by atoms with E-state index in [1.807, 2.05) is 30.3 Å². The topological polar surface area (TPSA) is 51.0 Å². The molecule has 0 bridgehead atoms. The zero-order chi connectivity index (χ0) is 13.4. The van der Waals surface area contributed by atoms with Crippen molar-refractivity contribution >= 4 is 16.6 Å². The van der Waals surface area contributed by atoms with Gasteiger partial charge in [-0.15, -0.1) is 0 Å². The first kappa shape index (κ1) is 11.7. The van der Waals surface area contributed by atoms with Gasteiger partial charge >= 0.3 is 0 Å². The van der Waals surface area contributed by atoms with Crippen LogP contribution in [0.5, 0.6) is 5.75 Å². The Labute approximate surface area is 112 Å². The fraction of sp³-hybridized carbons (Fsp3) is 0.125. The van der Waals surface area contributed by atoms with E-state index in [1.165, 1.54) is 0 Å². The molecule has 1 aromatic heterocycles. The van der Waals surface area contributed by atoms with Gasteiger partial charge in [0.05, 0.1) is 18.3 Å². The number of hydrogen-bond donors (Lipinski definition) is 2. The molecule has 3 N–H and O–H groups in total. The molecule has 3 heteroatoms. The van der Waals surface area contributed by atoms with E-state index in [-0.39, 0.29) is 0 Å². The molecule has 1 heterocycles. The normalized spacial score (nSPS) is 10.8. The van der Waals surface area contributed by atoms with Crippen LogP contribution in [0.15, 0.2) is 42.5 Å². The molecular weight excluding hydrogens is 236 g/mol. The van der Waals surface area contributed by atoms with Gasteiger partial charge < -0.3 is 15.5 Å². The molecule has 3 nitrogen and oxygen atoms in total. The van der Waals surface area contributed by atoms with Crippen molar-refractivity contribution in [3.8, 4) is 17.0 Å². The number of aromatic nitrogens is 1. The number of nitrogens with two attached hydrogens (primary N) is 1. The van der Waals surface area contributed by atoms with Crippen molar-refractivity contribution in [2.75, 3.05) is 12.8 Å². The Morgan fingerprint density at radius 3 is 2.47 bits per heavy atom. The third kappa shape index (κ3) is 1.74. The minimum atomic E-state index is 0.664. The van der Waals surface area contributed by atoms with Crippen LogP contribution in [0.2, 0.25) is 0 Å². The van der Waals surface area contributed by atoms with E-state index in [9.17, 15) is 0 Å². The van der Waals surface area contributed by atoms with Crippen molar-refractivity contribution in [2.45, 2.75) is 6.92 Å². The molecule has 0 aliphatic heterocycles. The number of H-pyrrole nitrogens is 1. The average Bonchev–Trinajstić information content (AvgIpc) is 2.78. The van der Waals surface area contributed by atoms with Gasteiger partial charge in [-0.3, -0.25) is 0 Å². The summed E-state index contributed by atoms with van der Waals surface area (Å²) in [5, 5.41) is 1.06. The number of benzene rings is 2. The number of hydrogen-bond acceptors (Lipinski definition) is 2. The molecular formula is C16H16N2O. The van der Waals surface area contributed by atoms with Gasteiger partial charge in [-0.25, -0.2) is 0 Å². The molecule has 0 saturated heterocycles. The highest BCUT2D eigenvalue weighted by Crippen LogP contribution is 2.38. The van der Waals surface area contributed by atoms with Gasteiger partial charge in [-0.2, -0.15) is 0 Å². The number of anilines is 1. The Morgan fingerprint density at radius 2 is 1.79 bits per heavy atom.